The molecule has 0 aliphatic heterocycles. The third-order valence-electron chi connectivity index (χ3n) is 4.78. The Labute approximate surface area is 152 Å². The lowest BCUT2D eigenvalue weighted by atomic mass is 10.2. The molecule has 4 heteroatoms. The van der Waals surface area contributed by atoms with Crippen molar-refractivity contribution in [3.05, 3.63) is 67.0 Å². The largest absolute Gasteiger partial charge is 0.462 e. The second-order valence-electron chi connectivity index (χ2n) is 6.51. The molecule has 1 aromatic carbocycles. The summed E-state index contributed by atoms with van der Waals surface area (Å²) in [6.07, 6.45) is 7.65. The van der Waals surface area contributed by atoms with E-state index in [2.05, 4.69) is 42.3 Å². The first kappa shape index (κ1) is 16.5. The lowest BCUT2D eigenvalue weighted by molar-refractivity contribution is 0.0500. The van der Waals surface area contributed by atoms with Gasteiger partial charge >= 0.3 is 5.97 Å². The molecular formula is C22H22N2O2. The van der Waals surface area contributed by atoms with E-state index in [1.54, 1.807) is 0 Å². The number of esters is 1. The number of pyridine rings is 1. The highest BCUT2D eigenvalue weighted by Gasteiger charge is 2.16. The van der Waals surface area contributed by atoms with E-state index in [0.717, 1.165) is 23.9 Å². The summed E-state index contributed by atoms with van der Waals surface area (Å²) in [7, 11) is 0. The number of para-hydroxylation sites is 1. The van der Waals surface area contributed by atoms with Crippen molar-refractivity contribution in [2.75, 3.05) is 6.61 Å². The fraction of sp³-hybridized carbons (Fsp3) is 0.227. The molecule has 0 radical (unpaired) electrons. The summed E-state index contributed by atoms with van der Waals surface area (Å²) in [5, 5.41) is 2.39. The zero-order valence-corrected chi connectivity index (χ0v) is 14.9. The van der Waals surface area contributed by atoms with Crippen LogP contribution in [0.5, 0.6) is 0 Å². The lowest BCUT2D eigenvalue weighted by Crippen LogP contribution is -2.04. The monoisotopic (exact) mass is 346 g/mol. The summed E-state index contributed by atoms with van der Waals surface area (Å²) in [6.45, 7) is 7.16. The number of carbonyl (C=O) groups is 1. The van der Waals surface area contributed by atoms with Gasteiger partial charge in [-0.15, -0.1) is 6.58 Å². The van der Waals surface area contributed by atoms with Gasteiger partial charge in [0.2, 0.25) is 0 Å². The molecule has 132 valence electrons. The number of fused-ring (bicyclic) bond motifs is 5. The van der Waals surface area contributed by atoms with Gasteiger partial charge in [-0.1, -0.05) is 37.6 Å². The first-order chi connectivity index (χ1) is 12.7. The molecule has 0 saturated heterocycles. The summed E-state index contributed by atoms with van der Waals surface area (Å²) >= 11 is 0. The molecular weight excluding hydrogens is 324 g/mol. The van der Waals surface area contributed by atoms with E-state index < -0.39 is 0 Å². The van der Waals surface area contributed by atoms with E-state index in [-0.39, 0.29) is 5.97 Å². The number of aromatic nitrogens is 2. The van der Waals surface area contributed by atoms with Crippen molar-refractivity contribution in [1.82, 2.24) is 8.97 Å². The third kappa shape index (κ3) is 2.58. The smallest absolute Gasteiger partial charge is 0.339 e. The normalized spacial score (nSPS) is 11.4. The summed E-state index contributed by atoms with van der Waals surface area (Å²) < 4.78 is 9.62. The number of hydrogen-bond acceptors (Lipinski definition) is 2. The van der Waals surface area contributed by atoms with Crippen LogP contribution in [0.4, 0.5) is 0 Å². The van der Waals surface area contributed by atoms with Gasteiger partial charge in [-0.3, -0.25) is 0 Å². The molecule has 4 rings (SSSR count). The van der Waals surface area contributed by atoms with E-state index in [9.17, 15) is 4.79 Å². The van der Waals surface area contributed by atoms with Crippen LogP contribution in [-0.4, -0.2) is 21.5 Å². The van der Waals surface area contributed by atoms with Crippen LogP contribution in [0.15, 0.2) is 61.4 Å². The Morgan fingerprint density at radius 2 is 2.04 bits per heavy atom. The Hall–Kier alpha value is -3.01. The molecule has 0 aliphatic carbocycles. The molecule has 0 N–H and O–H groups in total. The van der Waals surface area contributed by atoms with E-state index in [1.165, 1.54) is 16.3 Å². The Morgan fingerprint density at radius 3 is 2.85 bits per heavy atom. The third-order valence-corrected chi connectivity index (χ3v) is 4.78. The second-order valence-corrected chi connectivity index (χ2v) is 6.51. The quantitative estimate of drug-likeness (QED) is 0.274. The number of rotatable bonds is 6. The minimum atomic E-state index is -0.262. The van der Waals surface area contributed by atoms with Crippen LogP contribution < -0.4 is 0 Å². The first-order valence-electron chi connectivity index (χ1n) is 9.04. The number of nitrogens with zero attached hydrogens (tertiary/aromatic N) is 2. The molecule has 0 bridgehead atoms. The molecule has 0 spiro atoms. The van der Waals surface area contributed by atoms with E-state index in [4.69, 9.17) is 4.74 Å². The maximum Gasteiger partial charge on any atom is 0.339 e. The molecule has 3 heterocycles. The molecule has 0 amide bonds. The number of carbonyl (C=O) groups excluding carboxylic acids is 1. The topological polar surface area (TPSA) is 35.6 Å². The molecule has 4 aromatic rings. The molecule has 0 fully saturated rings. The summed E-state index contributed by atoms with van der Waals surface area (Å²) in [5.41, 5.74) is 3.87. The molecule has 0 atom stereocenters. The lowest BCUT2D eigenvalue weighted by Gasteiger charge is -2.05. The van der Waals surface area contributed by atoms with Crippen LogP contribution in [0.1, 0.15) is 30.1 Å². The minimum Gasteiger partial charge on any atom is -0.462 e. The maximum atomic E-state index is 12.3. The first-order valence-corrected chi connectivity index (χ1v) is 9.04. The fourth-order valence-corrected chi connectivity index (χ4v) is 3.55. The highest BCUT2D eigenvalue weighted by Crippen LogP contribution is 2.32. The van der Waals surface area contributed by atoms with Crippen molar-refractivity contribution in [1.29, 1.82) is 0 Å². The van der Waals surface area contributed by atoms with Crippen LogP contribution in [0.2, 0.25) is 0 Å². The molecule has 0 aliphatic rings. The van der Waals surface area contributed by atoms with Gasteiger partial charge < -0.3 is 13.7 Å². The Bertz CT molecular complexity index is 1120. The Kier molecular flexibility index (Phi) is 4.25. The standard InChI is InChI=1S/C22H22N2O2/c1-3-5-13-26-22(25)16-14-20-21-18(10-12-23(20)15-16)17-8-6-7-9-19(17)24(21)11-4-2/h4,6-10,12,14-15H,2-3,5,11,13H2,1H3. The Balaban J connectivity index is 1.91. The number of hydrogen-bond donors (Lipinski definition) is 0. The van der Waals surface area contributed by atoms with E-state index in [0.29, 0.717) is 18.7 Å². The van der Waals surface area contributed by atoms with Crippen molar-refractivity contribution < 1.29 is 9.53 Å². The van der Waals surface area contributed by atoms with E-state index in [1.807, 2.05) is 35.0 Å². The highest BCUT2D eigenvalue weighted by atomic mass is 16.5. The van der Waals surface area contributed by atoms with Gasteiger partial charge in [-0.25, -0.2) is 4.79 Å². The number of unbranched alkanes of at least 4 members (excludes halogenated alkanes) is 1. The summed E-state index contributed by atoms with van der Waals surface area (Å²) in [5.74, 6) is -0.262. The van der Waals surface area contributed by atoms with Gasteiger partial charge in [0.05, 0.1) is 23.2 Å². The maximum absolute atomic E-state index is 12.3. The highest BCUT2D eigenvalue weighted by molar-refractivity contribution is 6.13. The van der Waals surface area contributed by atoms with Crippen molar-refractivity contribution in [3.8, 4) is 0 Å². The second kappa shape index (κ2) is 6.71. The SMILES string of the molecule is C=CCn1c2ccccc2c2ccn3cc(C(=O)OCCCC)cc3c21. The number of benzene rings is 1. The Morgan fingerprint density at radius 1 is 1.19 bits per heavy atom. The summed E-state index contributed by atoms with van der Waals surface area (Å²) in [6, 6.07) is 12.4. The summed E-state index contributed by atoms with van der Waals surface area (Å²) in [4.78, 5) is 12.3. The minimum absolute atomic E-state index is 0.262. The fourth-order valence-electron chi connectivity index (χ4n) is 3.55. The number of allylic oxidation sites excluding steroid dienone is 1. The molecule has 0 saturated carbocycles. The van der Waals surface area contributed by atoms with Gasteiger partial charge in [-0.05, 0) is 24.6 Å². The zero-order valence-electron chi connectivity index (χ0n) is 14.9. The van der Waals surface area contributed by atoms with Gasteiger partial charge in [0.15, 0.2) is 0 Å². The van der Waals surface area contributed by atoms with Gasteiger partial charge in [-0.2, -0.15) is 0 Å². The van der Waals surface area contributed by atoms with Crippen molar-refractivity contribution in [2.45, 2.75) is 26.3 Å². The average Bonchev–Trinajstić information content (AvgIpc) is 3.22. The average molecular weight is 346 g/mol. The van der Waals surface area contributed by atoms with Crippen LogP contribution >= 0.6 is 0 Å². The molecule has 3 aromatic heterocycles. The molecule has 26 heavy (non-hydrogen) atoms. The molecule has 4 nitrogen and oxygen atoms in total. The van der Waals surface area contributed by atoms with Crippen LogP contribution in [0.3, 0.4) is 0 Å². The van der Waals surface area contributed by atoms with Crippen LogP contribution in [-0.2, 0) is 11.3 Å². The van der Waals surface area contributed by atoms with Crippen LogP contribution in [0.25, 0.3) is 27.3 Å². The van der Waals surface area contributed by atoms with Gasteiger partial charge in [0, 0.05) is 35.2 Å². The van der Waals surface area contributed by atoms with Gasteiger partial charge in [0.25, 0.3) is 0 Å². The predicted octanol–water partition coefficient (Wildman–Crippen LogP) is 5.19. The van der Waals surface area contributed by atoms with Gasteiger partial charge in [0.1, 0.15) is 0 Å². The molecule has 0 unspecified atom stereocenters. The number of ether oxygens (including phenoxy) is 1. The van der Waals surface area contributed by atoms with Crippen molar-refractivity contribution >= 4 is 33.3 Å². The predicted molar refractivity (Wildman–Crippen MR) is 106 cm³/mol. The van der Waals surface area contributed by atoms with Crippen molar-refractivity contribution in [2.24, 2.45) is 0 Å². The zero-order chi connectivity index (χ0) is 18.1. The van der Waals surface area contributed by atoms with Crippen molar-refractivity contribution in [3.63, 3.8) is 0 Å². The van der Waals surface area contributed by atoms with Crippen LogP contribution in [0, 0.1) is 0 Å². The van der Waals surface area contributed by atoms with E-state index >= 15 is 0 Å².